The third-order valence-electron chi connectivity index (χ3n) is 2.16. The molecule has 2 aromatic rings. The minimum absolute atomic E-state index is 0.589. The van der Waals surface area contributed by atoms with Crippen LogP contribution in [0.15, 0.2) is 12.1 Å². The van der Waals surface area contributed by atoms with Crippen molar-refractivity contribution >= 4 is 26.7 Å². The first kappa shape index (κ1) is 9.27. The van der Waals surface area contributed by atoms with Crippen molar-refractivity contribution in [3.8, 4) is 5.75 Å². The van der Waals surface area contributed by atoms with E-state index in [2.05, 4.69) is 18.0 Å². The molecule has 1 heterocycles. The fourth-order valence-corrected chi connectivity index (χ4v) is 2.25. The van der Waals surface area contributed by atoms with Crippen LogP contribution in [0.5, 0.6) is 5.75 Å². The molecule has 0 spiro atoms. The number of rotatable bonds is 2. The summed E-state index contributed by atoms with van der Waals surface area (Å²) in [5.74, 6) is 0.812. The highest BCUT2D eigenvalue weighted by Gasteiger charge is 2.08. The fraction of sp³-hybridized carbons (Fsp3) is 0.300. The second kappa shape index (κ2) is 3.46. The molecule has 1 aromatic carbocycles. The molecule has 0 aliphatic rings. The van der Waals surface area contributed by atoms with E-state index in [9.17, 15) is 0 Å². The molecule has 0 amide bonds. The van der Waals surface area contributed by atoms with Crippen molar-refractivity contribution in [2.45, 2.75) is 13.3 Å². The van der Waals surface area contributed by atoms with Gasteiger partial charge in [0, 0.05) is 0 Å². The molecular formula is C10H12N2OS. The first-order valence-corrected chi connectivity index (χ1v) is 5.29. The van der Waals surface area contributed by atoms with E-state index in [-0.39, 0.29) is 0 Å². The molecule has 0 saturated carbocycles. The monoisotopic (exact) mass is 208 g/mol. The zero-order valence-electron chi connectivity index (χ0n) is 8.20. The maximum Gasteiger partial charge on any atom is 0.181 e. The molecule has 0 bridgehead atoms. The summed E-state index contributed by atoms with van der Waals surface area (Å²) in [5.41, 5.74) is 7.77. The summed E-state index contributed by atoms with van der Waals surface area (Å²) in [7, 11) is 1.66. The number of methoxy groups -OCH3 is 1. The van der Waals surface area contributed by atoms with Gasteiger partial charge in [0.25, 0.3) is 0 Å². The van der Waals surface area contributed by atoms with Crippen LogP contribution in [0.2, 0.25) is 0 Å². The molecule has 0 atom stereocenters. The van der Waals surface area contributed by atoms with Gasteiger partial charge in [-0.1, -0.05) is 18.3 Å². The van der Waals surface area contributed by atoms with Crippen LogP contribution in [0.1, 0.15) is 12.5 Å². The van der Waals surface area contributed by atoms with Crippen molar-refractivity contribution in [1.82, 2.24) is 4.98 Å². The molecule has 0 aliphatic carbocycles. The maximum absolute atomic E-state index is 5.66. The first-order valence-electron chi connectivity index (χ1n) is 4.47. The largest absolute Gasteiger partial charge is 0.494 e. The number of nitrogens with two attached hydrogens (primary N) is 1. The Balaban J connectivity index is 2.72. The van der Waals surface area contributed by atoms with Crippen molar-refractivity contribution in [1.29, 1.82) is 0 Å². The lowest BCUT2D eigenvalue weighted by Crippen LogP contribution is -1.88. The van der Waals surface area contributed by atoms with Gasteiger partial charge >= 0.3 is 0 Å². The number of thiazole rings is 1. The number of hydrogen-bond donors (Lipinski definition) is 1. The quantitative estimate of drug-likeness (QED) is 0.824. The van der Waals surface area contributed by atoms with Crippen molar-refractivity contribution in [3.05, 3.63) is 17.7 Å². The molecule has 0 radical (unpaired) electrons. The van der Waals surface area contributed by atoms with Crippen molar-refractivity contribution in [3.63, 3.8) is 0 Å². The Labute approximate surface area is 86.5 Å². The minimum atomic E-state index is 0.589. The van der Waals surface area contributed by atoms with Gasteiger partial charge in [-0.05, 0) is 24.1 Å². The first-order chi connectivity index (χ1) is 6.74. The summed E-state index contributed by atoms with van der Waals surface area (Å²) >= 11 is 1.50. The Morgan fingerprint density at radius 3 is 2.93 bits per heavy atom. The second-order valence-electron chi connectivity index (χ2n) is 3.05. The second-order valence-corrected chi connectivity index (χ2v) is 4.11. The fourth-order valence-electron chi connectivity index (χ4n) is 1.43. The summed E-state index contributed by atoms with van der Waals surface area (Å²) < 4.78 is 6.37. The van der Waals surface area contributed by atoms with Crippen LogP contribution in [0.4, 0.5) is 5.13 Å². The van der Waals surface area contributed by atoms with E-state index in [1.807, 2.05) is 6.07 Å². The van der Waals surface area contributed by atoms with Gasteiger partial charge in [-0.25, -0.2) is 4.98 Å². The van der Waals surface area contributed by atoms with Crippen LogP contribution in [-0.4, -0.2) is 12.1 Å². The molecule has 0 saturated heterocycles. The Morgan fingerprint density at radius 1 is 1.50 bits per heavy atom. The Hall–Kier alpha value is -1.29. The number of hydrogen-bond acceptors (Lipinski definition) is 4. The lowest BCUT2D eigenvalue weighted by molar-refractivity contribution is 0.418. The van der Waals surface area contributed by atoms with Gasteiger partial charge < -0.3 is 10.5 Å². The zero-order valence-corrected chi connectivity index (χ0v) is 9.02. The molecule has 0 fully saturated rings. The number of aromatic nitrogens is 1. The number of nitrogens with zero attached hydrogens (tertiary/aromatic N) is 1. The summed E-state index contributed by atoms with van der Waals surface area (Å²) in [5, 5.41) is 0.589. The zero-order chi connectivity index (χ0) is 10.1. The lowest BCUT2D eigenvalue weighted by Gasteiger charge is -2.03. The molecule has 0 unspecified atom stereocenters. The maximum atomic E-state index is 5.66. The Kier molecular flexibility index (Phi) is 2.29. The van der Waals surface area contributed by atoms with E-state index in [1.54, 1.807) is 7.11 Å². The highest BCUT2D eigenvalue weighted by molar-refractivity contribution is 7.22. The smallest absolute Gasteiger partial charge is 0.181 e. The lowest BCUT2D eigenvalue weighted by atomic mass is 10.1. The number of aryl methyl sites for hydroxylation is 1. The van der Waals surface area contributed by atoms with E-state index in [0.717, 1.165) is 22.4 Å². The van der Waals surface area contributed by atoms with Crippen molar-refractivity contribution in [2.24, 2.45) is 0 Å². The van der Waals surface area contributed by atoms with Gasteiger partial charge in [-0.15, -0.1) is 0 Å². The summed E-state index contributed by atoms with van der Waals surface area (Å²) in [6.45, 7) is 2.12. The molecule has 3 nitrogen and oxygen atoms in total. The molecule has 2 N–H and O–H groups in total. The summed E-state index contributed by atoms with van der Waals surface area (Å²) in [6, 6.07) is 4.13. The van der Waals surface area contributed by atoms with Gasteiger partial charge in [0.15, 0.2) is 5.13 Å². The molecule has 2 rings (SSSR count). The average Bonchev–Trinajstić information content (AvgIpc) is 2.56. The molecule has 74 valence electrons. The van der Waals surface area contributed by atoms with Gasteiger partial charge in [-0.2, -0.15) is 0 Å². The Bertz CT molecular complexity index is 464. The molecular weight excluding hydrogens is 196 g/mol. The minimum Gasteiger partial charge on any atom is -0.494 e. The van der Waals surface area contributed by atoms with Crippen LogP contribution in [0, 0.1) is 0 Å². The van der Waals surface area contributed by atoms with Crippen molar-refractivity contribution < 1.29 is 4.74 Å². The van der Waals surface area contributed by atoms with Gasteiger partial charge in [0.2, 0.25) is 0 Å². The van der Waals surface area contributed by atoms with E-state index in [1.165, 1.54) is 16.9 Å². The van der Waals surface area contributed by atoms with Crippen LogP contribution in [0.25, 0.3) is 10.2 Å². The van der Waals surface area contributed by atoms with Gasteiger partial charge in [0.05, 0.1) is 11.8 Å². The highest BCUT2D eigenvalue weighted by atomic mass is 32.1. The number of ether oxygens (including phenoxy) is 1. The van der Waals surface area contributed by atoms with Gasteiger partial charge in [0.1, 0.15) is 11.3 Å². The number of anilines is 1. The molecule has 14 heavy (non-hydrogen) atoms. The number of nitrogen functional groups attached to an aromatic ring is 1. The van der Waals surface area contributed by atoms with Crippen LogP contribution in [0.3, 0.4) is 0 Å². The number of fused-ring (bicyclic) bond motifs is 1. The summed E-state index contributed by atoms with van der Waals surface area (Å²) in [4.78, 5) is 4.23. The van der Waals surface area contributed by atoms with Crippen LogP contribution < -0.4 is 10.5 Å². The summed E-state index contributed by atoms with van der Waals surface area (Å²) in [6.07, 6.45) is 0.990. The molecule has 0 aliphatic heterocycles. The topological polar surface area (TPSA) is 48.1 Å². The molecule has 4 heteroatoms. The van der Waals surface area contributed by atoms with E-state index in [0.29, 0.717) is 5.13 Å². The highest BCUT2D eigenvalue weighted by Crippen LogP contribution is 2.32. The van der Waals surface area contributed by atoms with E-state index in [4.69, 9.17) is 10.5 Å². The van der Waals surface area contributed by atoms with E-state index < -0.39 is 0 Å². The van der Waals surface area contributed by atoms with Crippen LogP contribution in [-0.2, 0) is 6.42 Å². The van der Waals surface area contributed by atoms with E-state index >= 15 is 0 Å². The normalized spacial score (nSPS) is 10.7. The third kappa shape index (κ3) is 1.42. The predicted octanol–water partition coefficient (Wildman–Crippen LogP) is 2.45. The molecule has 1 aromatic heterocycles. The van der Waals surface area contributed by atoms with Gasteiger partial charge in [-0.3, -0.25) is 0 Å². The Morgan fingerprint density at radius 2 is 2.29 bits per heavy atom. The average molecular weight is 208 g/mol. The van der Waals surface area contributed by atoms with Crippen LogP contribution >= 0.6 is 11.3 Å². The SMILES string of the molecule is CCc1cc(OC)c2nc(N)sc2c1. The predicted molar refractivity (Wildman–Crippen MR) is 60.0 cm³/mol. The standard InChI is InChI=1S/C10H12N2OS/c1-3-6-4-7(13-2)9-8(5-6)14-10(11)12-9/h4-5H,3H2,1-2H3,(H2,11,12). The number of benzene rings is 1. The van der Waals surface area contributed by atoms with Crippen molar-refractivity contribution in [2.75, 3.05) is 12.8 Å². The third-order valence-corrected chi connectivity index (χ3v) is 3.00.